The van der Waals surface area contributed by atoms with Gasteiger partial charge in [0.05, 0.1) is 18.5 Å². The fourth-order valence-corrected chi connectivity index (χ4v) is 2.86. The van der Waals surface area contributed by atoms with E-state index < -0.39 is 5.82 Å². The molecule has 20 heavy (non-hydrogen) atoms. The van der Waals surface area contributed by atoms with E-state index in [1.807, 2.05) is 0 Å². The van der Waals surface area contributed by atoms with Gasteiger partial charge in [0.1, 0.15) is 0 Å². The summed E-state index contributed by atoms with van der Waals surface area (Å²) in [5, 5.41) is 0. The molecule has 1 fully saturated rings. The molecule has 0 saturated carbocycles. The highest BCUT2D eigenvalue weighted by molar-refractivity contribution is 5.70. The summed E-state index contributed by atoms with van der Waals surface area (Å²) in [5.74, 6) is 0.575. The lowest BCUT2D eigenvalue weighted by Gasteiger charge is -2.35. The van der Waals surface area contributed by atoms with Crippen molar-refractivity contribution in [1.29, 1.82) is 0 Å². The van der Waals surface area contributed by atoms with E-state index in [-0.39, 0.29) is 5.75 Å². The summed E-state index contributed by atoms with van der Waals surface area (Å²) in [7, 11) is 5.69. The van der Waals surface area contributed by atoms with Gasteiger partial charge in [-0.25, -0.2) is 4.39 Å². The number of rotatable bonds is 4. The Morgan fingerprint density at radius 1 is 1.35 bits per heavy atom. The Kier molecular flexibility index (Phi) is 4.70. The van der Waals surface area contributed by atoms with Gasteiger partial charge in [0.25, 0.3) is 0 Å². The molecule has 112 valence electrons. The largest absolute Gasteiger partial charge is 0.494 e. The maximum Gasteiger partial charge on any atom is 0.167 e. The number of nitrogen functional groups attached to an aromatic ring is 1. The number of methoxy groups -OCH3 is 1. The first-order chi connectivity index (χ1) is 9.51. The van der Waals surface area contributed by atoms with Gasteiger partial charge >= 0.3 is 0 Å². The summed E-state index contributed by atoms with van der Waals surface area (Å²) < 4.78 is 18.6. The molecule has 0 aromatic heterocycles. The molecular weight excluding hydrogens is 257 g/mol. The van der Waals surface area contributed by atoms with Crippen LogP contribution in [0.1, 0.15) is 12.8 Å². The molecule has 1 aliphatic rings. The second-order valence-corrected chi connectivity index (χ2v) is 5.74. The summed E-state index contributed by atoms with van der Waals surface area (Å²) in [4.78, 5) is 4.46. The number of benzene rings is 1. The van der Waals surface area contributed by atoms with Crippen molar-refractivity contribution in [3.8, 4) is 5.75 Å². The van der Waals surface area contributed by atoms with Crippen molar-refractivity contribution in [3.05, 3.63) is 17.9 Å². The second kappa shape index (κ2) is 6.31. The maximum absolute atomic E-state index is 13.6. The lowest BCUT2D eigenvalue weighted by atomic mass is 9.96. The average molecular weight is 281 g/mol. The molecule has 2 N–H and O–H groups in total. The summed E-state index contributed by atoms with van der Waals surface area (Å²) in [5.41, 5.74) is 7.31. The van der Waals surface area contributed by atoms with Crippen LogP contribution in [0.4, 0.5) is 15.8 Å². The number of ether oxygens (including phenoxy) is 1. The molecular formula is C15H24FN3O. The molecule has 1 saturated heterocycles. The monoisotopic (exact) mass is 281 g/mol. The molecule has 0 bridgehead atoms. The molecule has 1 aromatic carbocycles. The fraction of sp³-hybridized carbons (Fsp3) is 0.600. The first kappa shape index (κ1) is 14.9. The highest BCUT2D eigenvalue weighted by atomic mass is 19.1. The van der Waals surface area contributed by atoms with Crippen LogP contribution in [0.25, 0.3) is 0 Å². The van der Waals surface area contributed by atoms with E-state index >= 15 is 0 Å². The molecule has 0 atom stereocenters. The Morgan fingerprint density at radius 3 is 2.55 bits per heavy atom. The molecule has 1 aliphatic heterocycles. The van der Waals surface area contributed by atoms with E-state index in [1.165, 1.54) is 13.2 Å². The summed E-state index contributed by atoms with van der Waals surface area (Å²) in [6.07, 6.45) is 2.27. The van der Waals surface area contributed by atoms with Gasteiger partial charge in [0.2, 0.25) is 0 Å². The zero-order chi connectivity index (χ0) is 14.7. The van der Waals surface area contributed by atoms with Gasteiger partial charge in [-0.2, -0.15) is 0 Å². The highest BCUT2D eigenvalue weighted by Gasteiger charge is 2.22. The summed E-state index contributed by atoms with van der Waals surface area (Å²) in [6.45, 7) is 3.03. The van der Waals surface area contributed by atoms with Crippen LogP contribution in [0.3, 0.4) is 0 Å². The second-order valence-electron chi connectivity index (χ2n) is 5.74. The van der Waals surface area contributed by atoms with Crippen molar-refractivity contribution < 1.29 is 9.13 Å². The average Bonchev–Trinajstić information content (AvgIpc) is 2.39. The van der Waals surface area contributed by atoms with Crippen LogP contribution in [0.2, 0.25) is 0 Å². The minimum absolute atomic E-state index is 0.254. The predicted molar refractivity (Wildman–Crippen MR) is 80.9 cm³/mol. The van der Waals surface area contributed by atoms with Crippen LogP contribution in [-0.4, -0.2) is 45.7 Å². The minimum Gasteiger partial charge on any atom is -0.494 e. The molecule has 4 nitrogen and oxygen atoms in total. The van der Waals surface area contributed by atoms with Crippen LogP contribution in [0, 0.1) is 11.7 Å². The molecule has 0 aliphatic carbocycles. The van der Waals surface area contributed by atoms with Crippen molar-refractivity contribution >= 4 is 11.4 Å². The molecule has 0 radical (unpaired) electrons. The number of piperidine rings is 1. The van der Waals surface area contributed by atoms with Gasteiger partial charge in [0, 0.05) is 31.8 Å². The van der Waals surface area contributed by atoms with Gasteiger partial charge in [-0.15, -0.1) is 0 Å². The van der Waals surface area contributed by atoms with E-state index in [1.54, 1.807) is 6.07 Å². The minimum atomic E-state index is -0.406. The normalized spacial score (nSPS) is 16.8. The van der Waals surface area contributed by atoms with Gasteiger partial charge in [-0.3, -0.25) is 0 Å². The van der Waals surface area contributed by atoms with E-state index in [0.29, 0.717) is 5.69 Å². The number of hydrogen-bond donors (Lipinski definition) is 1. The maximum atomic E-state index is 13.6. The highest BCUT2D eigenvalue weighted by Crippen LogP contribution is 2.33. The van der Waals surface area contributed by atoms with Gasteiger partial charge < -0.3 is 20.3 Å². The zero-order valence-electron chi connectivity index (χ0n) is 12.5. The summed E-state index contributed by atoms with van der Waals surface area (Å²) in [6, 6.07) is 3.05. The number of anilines is 2. The number of hydrogen-bond acceptors (Lipinski definition) is 4. The first-order valence-electron chi connectivity index (χ1n) is 7.04. The van der Waals surface area contributed by atoms with Gasteiger partial charge in [-0.05, 0) is 32.9 Å². The molecule has 0 amide bonds. The van der Waals surface area contributed by atoms with Gasteiger partial charge in [0.15, 0.2) is 11.6 Å². The smallest absolute Gasteiger partial charge is 0.167 e. The van der Waals surface area contributed by atoms with Crippen molar-refractivity contribution in [2.45, 2.75) is 12.8 Å². The number of halogens is 1. The van der Waals surface area contributed by atoms with Crippen molar-refractivity contribution in [3.63, 3.8) is 0 Å². The molecule has 1 heterocycles. The van der Waals surface area contributed by atoms with Crippen LogP contribution >= 0.6 is 0 Å². The third-order valence-corrected chi connectivity index (χ3v) is 3.88. The molecule has 2 rings (SSSR count). The Labute approximate surface area is 120 Å². The Balaban J connectivity index is 2.07. The third-order valence-electron chi connectivity index (χ3n) is 3.88. The van der Waals surface area contributed by atoms with Crippen molar-refractivity contribution in [2.24, 2.45) is 5.92 Å². The van der Waals surface area contributed by atoms with Crippen LogP contribution in [-0.2, 0) is 0 Å². The van der Waals surface area contributed by atoms with E-state index in [4.69, 9.17) is 10.5 Å². The Morgan fingerprint density at radius 2 is 2.00 bits per heavy atom. The zero-order valence-corrected chi connectivity index (χ0v) is 12.5. The quantitative estimate of drug-likeness (QED) is 0.859. The first-order valence-corrected chi connectivity index (χ1v) is 7.04. The van der Waals surface area contributed by atoms with E-state index in [0.717, 1.165) is 44.1 Å². The lowest BCUT2D eigenvalue weighted by Crippen LogP contribution is -2.37. The SMILES string of the molecule is COc1cc(N2CCC(CN(C)C)CC2)c(N)cc1F. The molecule has 0 unspecified atom stereocenters. The van der Waals surface area contributed by atoms with Crippen LogP contribution in [0.5, 0.6) is 5.75 Å². The van der Waals surface area contributed by atoms with E-state index in [2.05, 4.69) is 23.9 Å². The van der Waals surface area contributed by atoms with Gasteiger partial charge in [-0.1, -0.05) is 0 Å². The van der Waals surface area contributed by atoms with Crippen molar-refractivity contribution in [2.75, 3.05) is 51.5 Å². The summed E-state index contributed by atoms with van der Waals surface area (Å²) >= 11 is 0. The fourth-order valence-electron chi connectivity index (χ4n) is 2.86. The standard InChI is InChI=1S/C15H24FN3O/c1-18(2)10-11-4-6-19(7-5-11)14-9-15(20-3)12(16)8-13(14)17/h8-9,11H,4-7,10,17H2,1-3H3. The predicted octanol–water partition coefficient (Wildman–Crippen LogP) is 2.19. The van der Waals surface area contributed by atoms with Crippen LogP contribution < -0.4 is 15.4 Å². The lowest BCUT2D eigenvalue weighted by molar-refractivity contribution is 0.285. The third kappa shape index (κ3) is 3.33. The number of nitrogens with zero attached hydrogens (tertiary/aromatic N) is 2. The molecule has 1 aromatic rings. The van der Waals surface area contributed by atoms with Crippen molar-refractivity contribution in [1.82, 2.24) is 4.90 Å². The number of nitrogens with two attached hydrogens (primary N) is 1. The van der Waals surface area contributed by atoms with E-state index in [9.17, 15) is 4.39 Å². The van der Waals surface area contributed by atoms with Crippen LogP contribution in [0.15, 0.2) is 12.1 Å². The molecule has 0 spiro atoms. The Hall–Kier alpha value is -1.49. The molecule has 5 heteroatoms. The topological polar surface area (TPSA) is 41.7 Å². The Bertz CT molecular complexity index is 457.